The number of aliphatic hydroxyl groups is 1. The molecule has 5 atom stereocenters. The summed E-state index contributed by atoms with van der Waals surface area (Å²) in [5, 5.41) is 10.3. The normalized spacial score (nSPS) is 41.8. The lowest BCUT2D eigenvalue weighted by Gasteiger charge is -2.31. The van der Waals surface area contributed by atoms with Gasteiger partial charge in [0.25, 0.3) is 0 Å². The van der Waals surface area contributed by atoms with Crippen LogP contribution in [0, 0.1) is 17.3 Å². The van der Waals surface area contributed by atoms with Crippen molar-refractivity contribution in [2.24, 2.45) is 17.3 Å². The number of hydrogen-bond acceptors (Lipinski definition) is 4. The number of aliphatic hydroxyl groups excluding tert-OH is 1. The standard InChI is InChI=1S/C19H32O4/c1-13-5-7-19(3)8-6-16(20)18(19)17(21)11-14(2)10-15(9-13)23-12-22-4/h5,14-16,18,20H,6-12H2,1-4H3/b13-5-/t14-,15+,16-,18+,19-/m1/s1. The number of fused-ring (bicyclic) bond motifs is 1. The van der Waals surface area contributed by atoms with Gasteiger partial charge in [0.2, 0.25) is 0 Å². The van der Waals surface area contributed by atoms with E-state index >= 15 is 0 Å². The molecule has 0 aromatic rings. The molecule has 0 aliphatic heterocycles. The van der Waals surface area contributed by atoms with Crippen LogP contribution in [0.25, 0.3) is 0 Å². The molecule has 2 rings (SSSR count). The van der Waals surface area contributed by atoms with Crippen molar-refractivity contribution < 1.29 is 19.4 Å². The van der Waals surface area contributed by atoms with E-state index < -0.39 is 6.10 Å². The fraction of sp³-hybridized carbons (Fsp3) is 0.842. The molecule has 2 aliphatic carbocycles. The number of hydrogen-bond donors (Lipinski definition) is 1. The van der Waals surface area contributed by atoms with Crippen molar-refractivity contribution in [3.8, 4) is 0 Å². The fourth-order valence-corrected chi connectivity index (χ4v) is 4.32. The van der Waals surface area contributed by atoms with Crippen LogP contribution < -0.4 is 0 Å². The molecule has 0 spiro atoms. The summed E-state index contributed by atoms with van der Waals surface area (Å²) in [6.07, 6.45) is 6.64. The monoisotopic (exact) mass is 324 g/mol. The van der Waals surface area contributed by atoms with Crippen LogP contribution in [-0.4, -0.2) is 37.0 Å². The van der Waals surface area contributed by atoms with E-state index in [2.05, 4.69) is 26.8 Å². The summed E-state index contributed by atoms with van der Waals surface area (Å²) in [5.74, 6) is 0.265. The van der Waals surface area contributed by atoms with Crippen LogP contribution in [0.4, 0.5) is 0 Å². The van der Waals surface area contributed by atoms with Gasteiger partial charge < -0.3 is 14.6 Å². The average molecular weight is 324 g/mol. The molecule has 0 aromatic heterocycles. The zero-order valence-electron chi connectivity index (χ0n) is 15.0. The molecule has 2 aliphatic rings. The van der Waals surface area contributed by atoms with E-state index in [9.17, 15) is 9.90 Å². The lowest BCUT2D eigenvalue weighted by Crippen LogP contribution is -2.35. The first kappa shape index (κ1) is 18.6. The molecule has 1 N–H and O–H groups in total. The highest BCUT2D eigenvalue weighted by Gasteiger charge is 2.47. The summed E-state index contributed by atoms with van der Waals surface area (Å²) < 4.78 is 10.8. The molecule has 23 heavy (non-hydrogen) atoms. The van der Waals surface area contributed by atoms with E-state index in [1.807, 2.05) is 0 Å². The van der Waals surface area contributed by atoms with E-state index in [1.54, 1.807) is 7.11 Å². The van der Waals surface area contributed by atoms with Crippen molar-refractivity contribution >= 4 is 5.78 Å². The van der Waals surface area contributed by atoms with E-state index in [4.69, 9.17) is 9.47 Å². The molecule has 0 aromatic carbocycles. The second-order valence-corrected chi connectivity index (χ2v) is 7.90. The summed E-state index contributed by atoms with van der Waals surface area (Å²) in [6, 6.07) is 0. The Bertz CT molecular complexity index is 445. The van der Waals surface area contributed by atoms with E-state index in [0.29, 0.717) is 6.42 Å². The van der Waals surface area contributed by atoms with Gasteiger partial charge in [-0.05, 0) is 50.4 Å². The van der Waals surface area contributed by atoms with E-state index in [1.165, 1.54) is 5.57 Å². The zero-order valence-corrected chi connectivity index (χ0v) is 15.0. The molecule has 1 saturated carbocycles. The Morgan fingerprint density at radius 3 is 2.83 bits per heavy atom. The van der Waals surface area contributed by atoms with Crippen molar-refractivity contribution in [3.05, 3.63) is 11.6 Å². The first-order chi connectivity index (χ1) is 10.9. The van der Waals surface area contributed by atoms with Crippen LogP contribution in [0.1, 0.15) is 59.3 Å². The van der Waals surface area contributed by atoms with Gasteiger partial charge in [0.15, 0.2) is 0 Å². The number of rotatable bonds is 3. The van der Waals surface area contributed by atoms with Crippen LogP contribution >= 0.6 is 0 Å². The predicted octanol–water partition coefficient (Wildman–Crippen LogP) is 3.48. The maximum absolute atomic E-state index is 12.8. The van der Waals surface area contributed by atoms with Gasteiger partial charge >= 0.3 is 0 Å². The molecule has 0 radical (unpaired) electrons. The highest BCUT2D eigenvalue weighted by Crippen LogP contribution is 2.48. The van der Waals surface area contributed by atoms with Crippen LogP contribution in [0.2, 0.25) is 0 Å². The van der Waals surface area contributed by atoms with Gasteiger partial charge in [0.05, 0.1) is 12.2 Å². The second kappa shape index (κ2) is 7.91. The molecular weight excluding hydrogens is 292 g/mol. The minimum Gasteiger partial charge on any atom is -0.392 e. The van der Waals surface area contributed by atoms with Gasteiger partial charge in [0.1, 0.15) is 12.6 Å². The SMILES string of the molecule is COCO[C@H]1C/C(C)=C\C[C@]2(C)CC[C@@H](O)[C@H]2C(=O)C[C@H](C)C1. The van der Waals surface area contributed by atoms with Gasteiger partial charge in [-0.15, -0.1) is 0 Å². The zero-order chi connectivity index (χ0) is 17.0. The van der Waals surface area contributed by atoms with Crippen molar-refractivity contribution in [1.82, 2.24) is 0 Å². The number of ketones is 1. The Morgan fingerprint density at radius 1 is 1.39 bits per heavy atom. The second-order valence-electron chi connectivity index (χ2n) is 7.90. The number of carbonyl (C=O) groups is 1. The van der Waals surface area contributed by atoms with Crippen molar-refractivity contribution in [2.75, 3.05) is 13.9 Å². The van der Waals surface area contributed by atoms with Crippen molar-refractivity contribution in [1.29, 1.82) is 0 Å². The van der Waals surface area contributed by atoms with Crippen LogP contribution in [0.3, 0.4) is 0 Å². The maximum Gasteiger partial charge on any atom is 0.146 e. The number of methoxy groups -OCH3 is 1. The largest absolute Gasteiger partial charge is 0.392 e. The maximum atomic E-state index is 12.8. The first-order valence-corrected chi connectivity index (χ1v) is 8.82. The van der Waals surface area contributed by atoms with Crippen LogP contribution in [-0.2, 0) is 14.3 Å². The number of ether oxygens (including phenoxy) is 2. The molecule has 0 unspecified atom stereocenters. The molecule has 4 nitrogen and oxygen atoms in total. The Morgan fingerprint density at radius 2 is 2.13 bits per heavy atom. The van der Waals surface area contributed by atoms with Crippen molar-refractivity contribution in [3.63, 3.8) is 0 Å². The Labute approximate surface area is 140 Å². The number of allylic oxidation sites excluding steroid dienone is 1. The summed E-state index contributed by atoms with van der Waals surface area (Å²) in [4.78, 5) is 12.8. The fourth-order valence-electron chi connectivity index (χ4n) is 4.32. The molecule has 0 bridgehead atoms. The third-order valence-corrected chi connectivity index (χ3v) is 5.60. The van der Waals surface area contributed by atoms with E-state index in [-0.39, 0.29) is 35.9 Å². The van der Waals surface area contributed by atoms with Crippen LogP contribution in [0.15, 0.2) is 11.6 Å². The van der Waals surface area contributed by atoms with Gasteiger partial charge in [-0.3, -0.25) is 4.79 Å². The lowest BCUT2D eigenvalue weighted by molar-refractivity contribution is -0.130. The first-order valence-electron chi connectivity index (χ1n) is 8.82. The van der Waals surface area contributed by atoms with Crippen LogP contribution in [0.5, 0.6) is 0 Å². The van der Waals surface area contributed by atoms with E-state index in [0.717, 1.165) is 32.1 Å². The van der Waals surface area contributed by atoms with Gasteiger partial charge in [-0.2, -0.15) is 0 Å². The molecule has 132 valence electrons. The molecule has 4 heteroatoms. The smallest absolute Gasteiger partial charge is 0.146 e. The highest BCUT2D eigenvalue weighted by atomic mass is 16.7. The molecular formula is C19H32O4. The third kappa shape index (κ3) is 4.65. The molecule has 0 amide bonds. The minimum atomic E-state index is -0.477. The highest BCUT2D eigenvalue weighted by molar-refractivity contribution is 5.83. The summed E-state index contributed by atoms with van der Waals surface area (Å²) in [5.41, 5.74) is 1.19. The summed E-state index contributed by atoms with van der Waals surface area (Å²) >= 11 is 0. The Hall–Kier alpha value is -0.710. The van der Waals surface area contributed by atoms with Crippen molar-refractivity contribution in [2.45, 2.75) is 71.5 Å². The van der Waals surface area contributed by atoms with Gasteiger partial charge in [0, 0.05) is 19.4 Å². The van der Waals surface area contributed by atoms with Gasteiger partial charge in [-0.1, -0.05) is 25.5 Å². The third-order valence-electron chi connectivity index (χ3n) is 5.60. The summed E-state index contributed by atoms with van der Waals surface area (Å²) in [7, 11) is 1.63. The lowest BCUT2D eigenvalue weighted by atomic mass is 9.72. The quantitative estimate of drug-likeness (QED) is 0.638. The predicted molar refractivity (Wildman–Crippen MR) is 90.0 cm³/mol. The molecule has 0 saturated heterocycles. The average Bonchev–Trinajstić information content (AvgIpc) is 2.77. The number of carbonyl (C=O) groups excluding carboxylic acids is 1. The Kier molecular flexibility index (Phi) is 6.40. The number of Topliss-reactive ketones (excluding diaryl/α,β-unsaturated/α-hetero) is 1. The molecule has 1 fully saturated rings. The van der Waals surface area contributed by atoms with Gasteiger partial charge in [-0.25, -0.2) is 0 Å². The molecule has 0 heterocycles. The minimum absolute atomic E-state index is 0.0877. The summed E-state index contributed by atoms with van der Waals surface area (Å²) in [6.45, 7) is 6.70. The Balaban J connectivity index is 2.20. The topological polar surface area (TPSA) is 55.8 Å².